The van der Waals surface area contributed by atoms with Crippen LogP contribution in [0.2, 0.25) is 0 Å². The third-order valence-corrected chi connectivity index (χ3v) is 7.59. The molecule has 38 heavy (non-hydrogen) atoms. The van der Waals surface area contributed by atoms with Crippen molar-refractivity contribution in [1.29, 1.82) is 0 Å². The number of aliphatic hydroxyl groups is 2. The second-order valence-corrected chi connectivity index (χ2v) is 11.1. The predicted molar refractivity (Wildman–Crippen MR) is 151 cm³/mol. The molecule has 4 rings (SSSR count). The van der Waals surface area contributed by atoms with Crippen LogP contribution in [0.1, 0.15) is 50.1 Å². The van der Waals surface area contributed by atoms with Gasteiger partial charge in [-0.25, -0.2) is 0 Å². The second-order valence-electron chi connectivity index (χ2n) is 11.1. The van der Waals surface area contributed by atoms with Crippen LogP contribution in [0, 0.1) is 41.5 Å². The monoisotopic (exact) mass is 514 g/mol. The zero-order valence-corrected chi connectivity index (χ0v) is 23.1. The molecule has 0 fully saturated rings. The number of hydrogen-bond acceptors (Lipinski definition) is 5. The average molecular weight is 515 g/mol. The fraction of sp³-hybridized carbons (Fsp3) is 0.333. The summed E-state index contributed by atoms with van der Waals surface area (Å²) in [7, 11) is 0. The predicted octanol–water partition coefficient (Wildman–Crippen LogP) is 5.64. The fourth-order valence-electron chi connectivity index (χ4n) is 5.72. The number of benzene rings is 3. The molecule has 0 aromatic heterocycles. The molecule has 3 aromatic carbocycles. The van der Waals surface area contributed by atoms with Gasteiger partial charge in [0.1, 0.15) is 29.0 Å². The highest BCUT2D eigenvalue weighted by atomic mass is 16.3. The van der Waals surface area contributed by atoms with Gasteiger partial charge in [-0.15, -0.1) is 0 Å². The van der Waals surface area contributed by atoms with Crippen LogP contribution in [0.3, 0.4) is 0 Å². The number of rotatable bonds is 6. The van der Waals surface area contributed by atoms with Crippen molar-refractivity contribution in [3.8, 4) is 17.2 Å². The average Bonchev–Trinajstić information content (AvgIpc) is 2.82. The Morgan fingerprint density at radius 2 is 0.974 bits per heavy atom. The van der Waals surface area contributed by atoms with Gasteiger partial charge in [-0.1, -0.05) is 42.5 Å². The Morgan fingerprint density at radius 3 is 1.39 bits per heavy atom. The van der Waals surface area contributed by atoms with E-state index in [0.29, 0.717) is 18.4 Å². The van der Waals surface area contributed by atoms with Crippen LogP contribution in [-0.2, 0) is 19.3 Å². The summed E-state index contributed by atoms with van der Waals surface area (Å²) in [5.74, 6) is 0.781. The summed E-state index contributed by atoms with van der Waals surface area (Å²) >= 11 is 0. The van der Waals surface area contributed by atoms with E-state index in [2.05, 4.69) is 0 Å². The number of hydrogen-bond donors (Lipinski definition) is 5. The van der Waals surface area contributed by atoms with Crippen molar-refractivity contribution in [3.63, 3.8) is 0 Å². The molecule has 5 nitrogen and oxygen atoms in total. The first-order chi connectivity index (χ1) is 17.8. The summed E-state index contributed by atoms with van der Waals surface area (Å²) in [5.41, 5.74) is 7.33. The lowest BCUT2D eigenvalue weighted by atomic mass is 9.76. The highest BCUT2D eigenvalue weighted by Gasteiger charge is 2.39. The lowest BCUT2D eigenvalue weighted by Crippen LogP contribution is -2.46. The highest BCUT2D eigenvalue weighted by molar-refractivity contribution is 5.49. The third-order valence-electron chi connectivity index (χ3n) is 7.59. The molecule has 5 heteroatoms. The van der Waals surface area contributed by atoms with Crippen molar-refractivity contribution in [2.75, 3.05) is 0 Å². The summed E-state index contributed by atoms with van der Waals surface area (Å²) in [4.78, 5) is 0. The van der Waals surface area contributed by atoms with Crippen LogP contribution in [0.15, 0.2) is 59.7 Å². The lowest BCUT2D eigenvalue weighted by molar-refractivity contribution is -0.0227. The van der Waals surface area contributed by atoms with E-state index in [1.165, 1.54) is 0 Å². The molecule has 0 saturated carbocycles. The van der Waals surface area contributed by atoms with Gasteiger partial charge < -0.3 is 25.5 Å². The Labute approximate surface area is 225 Å². The minimum absolute atomic E-state index is 0.179. The quantitative estimate of drug-likeness (QED) is 0.293. The van der Waals surface area contributed by atoms with Crippen molar-refractivity contribution >= 4 is 0 Å². The number of allylic oxidation sites excluding steroid dienone is 2. The summed E-state index contributed by atoms with van der Waals surface area (Å²) in [5, 5.41) is 54.1. The lowest BCUT2D eigenvalue weighted by Gasteiger charge is -2.36. The van der Waals surface area contributed by atoms with E-state index in [1.807, 2.05) is 84.0 Å². The second kappa shape index (κ2) is 10.3. The Morgan fingerprint density at radius 1 is 0.605 bits per heavy atom. The van der Waals surface area contributed by atoms with Gasteiger partial charge in [-0.3, -0.25) is 0 Å². The van der Waals surface area contributed by atoms with Crippen LogP contribution in [-0.4, -0.2) is 37.2 Å². The van der Waals surface area contributed by atoms with E-state index in [-0.39, 0.29) is 23.7 Å². The zero-order chi connectivity index (χ0) is 27.9. The van der Waals surface area contributed by atoms with Crippen molar-refractivity contribution < 1.29 is 25.5 Å². The van der Waals surface area contributed by atoms with E-state index < -0.39 is 11.7 Å². The molecular weight excluding hydrogens is 476 g/mol. The molecule has 0 radical (unpaired) electrons. The van der Waals surface area contributed by atoms with Gasteiger partial charge in [0.25, 0.3) is 0 Å². The summed E-state index contributed by atoms with van der Waals surface area (Å²) in [6.07, 6.45) is 3.70. The molecule has 0 saturated heterocycles. The van der Waals surface area contributed by atoms with Crippen LogP contribution in [0.25, 0.3) is 0 Å². The number of aryl methyl sites for hydroxylation is 6. The smallest absolute Gasteiger partial charge is 0.121 e. The molecule has 2 atom stereocenters. The minimum Gasteiger partial charge on any atom is -0.507 e. The number of phenols is 3. The maximum Gasteiger partial charge on any atom is 0.121 e. The van der Waals surface area contributed by atoms with E-state index in [0.717, 1.165) is 55.6 Å². The van der Waals surface area contributed by atoms with Gasteiger partial charge >= 0.3 is 0 Å². The van der Waals surface area contributed by atoms with Gasteiger partial charge in [-0.05, 0) is 122 Å². The number of phenolic OH excluding ortho intramolecular Hbond substituents is 3. The minimum atomic E-state index is -1.56. The SMILES string of the molecule is Cc1cc(CC2=CC(O)(Cc3cc(C)c(O)c(C)c3)C(O)C(Cc3cc(C)c(O)c(C)c3)=C2)cc(C)c1O. The van der Waals surface area contributed by atoms with Gasteiger partial charge in [0.05, 0.1) is 0 Å². The van der Waals surface area contributed by atoms with Crippen LogP contribution >= 0.6 is 0 Å². The molecule has 0 bridgehead atoms. The maximum atomic E-state index is 11.9. The molecule has 0 spiro atoms. The van der Waals surface area contributed by atoms with Crippen LogP contribution < -0.4 is 0 Å². The van der Waals surface area contributed by atoms with Crippen LogP contribution in [0.5, 0.6) is 17.2 Å². The molecule has 3 aromatic rings. The molecule has 0 amide bonds. The first kappa shape index (κ1) is 27.5. The molecule has 2 unspecified atom stereocenters. The van der Waals surface area contributed by atoms with Crippen molar-refractivity contribution in [1.82, 2.24) is 0 Å². The van der Waals surface area contributed by atoms with Crippen molar-refractivity contribution in [2.45, 2.75) is 72.5 Å². The summed E-state index contributed by atoms with van der Waals surface area (Å²) in [6.45, 7) is 11.1. The normalized spacial score (nSPS) is 19.3. The first-order valence-electron chi connectivity index (χ1n) is 13.0. The molecule has 1 aliphatic carbocycles. The van der Waals surface area contributed by atoms with Gasteiger partial charge in [-0.2, -0.15) is 0 Å². The van der Waals surface area contributed by atoms with Crippen LogP contribution in [0.4, 0.5) is 0 Å². The Hall–Kier alpha value is -3.54. The number of aromatic hydroxyl groups is 3. The zero-order valence-electron chi connectivity index (χ0n) is 23.1. The Balaban J connectivity index is 1.76. The topological polar surface area (TPSA) is 101 Å². The van der Waals surface area contributed by atoms with E-state index in [9.17, 15) is 25.5 Å². The molecule has 200 valence electrons. The van der Waals surface area contributed by atoms with Crippen molar-refractivity contribution in [2.24, 2.45) is 0 Å². The largest absolute Gasteiger partial charge is 0.507 e. The Bertz CT molecular complexity index is 1390. The summed E-state index contributed by atoms with van der Waals surface area (Å²) < 4.78 is 0. The first-order valence-corrected chi connectivity index (χ1v) is 13.0. The Kier molecular flexibility index (Phi) is 7.46. The standard InChI is InChI=1S/C33H38O5/c1-18-7-24(8-19(2)29(18)34)13-27-15-28(14-25-9-20(3)30(35)21(4)10-25)32(37)33(38,17-27)16-26-11-22(5)31(36)23(6)12-26/h7-12,15,17,32,34-38H,13-14,16H2,1-6H3. The number of aliphatic hydroxyl groups excluding tert-OH is 1. The summed E-state index contributed by atoms with van der Waals surface area (Å²) in [6, 6.07) is 11.4. The van der Waals surface area contributed by atoms with E-state index >= 15 is 0 Å². The molecular formula is C33H38O5. The molecule has 1 aliphatic rings. The molecule has 5 N–H and O–H groups in total. The molecule has 0 heterocycles. The maximum absolute atomic E-state index is 11.9. The third kappa shape index (κ3) is 5.50. The van der Waals surface area contributed by atoms with E-state index in [4.69, 9.17) is 0 Å². The van der Waals surface area contributed by atoms with Gasteiger partial charge in [0.15, 0.2) is 0 Å². The molecule has 0 aliphatic heterocycles. The van der Waals surface area contributed by atoms with E-state index in [1.54, 1.807) is 6.08 Å². The van der Waals surface area contributed by atoms with Gasteiger partial charge in [0.2, 0.25) is 0 Å². The van der Waals surface area contributed by atoms with Crippen molar-refractivity contribution in [3.05, 3.63) is 110 Å². The fourth-order valence-corrected chi connectivity index (χ4v) is 5.72. The highest BCUT2D eigenvalue weighted by Crippen LogP contribution is 2.36. The van der Waals surface area contributed by atoms with Gasteiger partial charge in [0, 0.05) is 6.42 Å².